The molecule has 0 saturated heterocycles. The molecular formula is C60H46N4. The number of aromatic amines is 2. The Labute approximate surface area is 372 Å². The summed E-state index contributed by atoms with van der Waals surface area (Å²) in [5.74, 6) is 2.89. The van der Waals surface area contributed by atoms with E-state index >= 15 is 0 Å². The quantitative estimate of drug-likeness (QED) is 0.160. The molecule has 0 radical (unpaired) electrons. The summed E-state index contributed by atoms with van der Waals surface area (Å²) in [6, 6.07) is 47.4. The summed E-state index contributed by atoms with van der Waals surface area (Å²) < 4.78 is 0. The summed E-state index contributed by atoms with van der Waals surface area (Å²) in [5, 5.41) is 0. The van der Waals surface area contributed by atoms with Crippen molar-refractivity contribution in [2.24, 2.45) is 0 Å². The molecule has 14 aliphatic rings. The van der Waals surface area contributed by atoms with Crippen LogP contribution in [0, 0.1) is 0 Å². The predicted octanol–water partition coefficient (Wildman–Crippen LogP) is 14.2. The lowest BCUT2D eigenvalue weighted by molar-refractivity contribution is 0.527. The van der Waals surface area contributed by atoms with Gasteiger partial charge in [0.05, 0.1) is 22.8 Å². The van der Waals surface area contributed by atoms with Crippen molar-refractivity contribution in [3.63, 3.8) is 0 Å². The van der Waals surface area contributed by atoms with Crippen LogP contribution in [0.2, 0.25) is 0 Å². The van der Waals surface area contributed by atoms with Crippen molar-refractivity contribution in [3.8, 4) is 0 Å². The minimum Gasteiger partial charge on any atom is -0.355 e. The summed E-state index contributed by atoms with van der Waals surface area (Å²) in [4.78, 5) is 20.1. The van der Waals surface area contributed by atoms with Crippen LogP contribution in [0.4, 0.5) is 0 Å². The number of allylic oxidation sites excluding steroid dienone is 4. The van der Waals surface area contributed by atoms with E-state index in [0.29, 0.717) is 47.3 Å². The largest absolute Gasteiger partial charge is 0.355 e. The molecule has 0 amide bonds. The molecule has 0 saturated carbocycles. The molecule has 4 heteroatoms. The van der Waals surface area contributed by atoms with E-state index in [9.17, 15) is 0 Å². The number of hydrogen-bond acceptors (Lipinski definition) is 2. The second-order valence-electron chi connectivity index (χ2n) is 20.8. The molecule has 0 spiro atoms. The molecule has 306 valence electrons. The molecule has 2 aliphatic heterocycles. The van der Waals surface area contributed by atoms with Crippen molar-refractivity contribution in [2.75, 3.05) is 0 Å². The van der Waals surface area contributed by atoms with Crippen LogP contribution in [0.1, 0.15) is 188 Å². The Hall–Kier alpha value is -6.52. The van der Waals surface area contributed by atoms with Gasteiger partial charge in [-0.25, -0.2) is 9.97 Å². The van der Waals surface area contributed by atoms with Gasteiger partial charge in [0.2, 0.25) is 0 Å². The minimum absolute atomic E-state index is 0.347. The predicted molar refractivity (Wildman–Crippen MR) is 256 cm³/mol. The molecule has 12 aliphatic carbocycles. The van der Waals surface area contributed by atoms with Crippen molar-refractivity contribution in [1.82, 2.24) is 19.9 Å². The number of benzene rings is 4. The SMILES string of the molecule is c1ccc2c(c1)C1CCC2C2=C1c1cc3nc(cc4[nH]c(cc5[nH]c(cc2n1)c1c5C2CCC1c1ccccc12)c1c4C2CCC1c1ccccc12)C1=C3C2CCC1c1ccccc12. The molecule has 3 aromatic heterocycles. The summed E-state index contributed by atoms with van der Waals surface area (Å²) in [6.45, 7) is 0. The van der Waals surface area contributed by atoms with Gasteiger partial charge in [-0.15, -0.1) is 0 Å². The molecule has 0 fully saturated rings. The molecule has 21 rings (SSSR count). The Balaban J connectivity index is 1.03. The first-order chi connectivity index (χ1) is 31.7. The van der Waals surface area contributed by atoms with E-state index in [1.807, 2.05) is 0 Å². The van der Waals surface area contributed by atoms with Crippen LogP contribution in [0.25, 0.3) is 44.4 Å². The van der Waals surface area contributed by atoms with Crippen LogP contribution < -0.4 is 0 Å². The standard InChI is InChI=1S/C60H46N4/c1-2-10-30-29(9-1)37-17-18-38(30)54-46-26-48-56-40-21-22-42(34-14-6-5-13-33(34)40)58(56)50(63-48)28-52-60-44-24-23-43(35-15-7-8-16-36(35)44)59(60)51(64-52)27-49-57-41-20-19-39(31-11-3-4-12-32(31)41)55(57)47(62-49)25-45(61-46)53(37)54/h1-16,25-28,37-44,61-62H,17-24H2. The Kier molecular flexibility index (Phi) is 6.25. The first kappa shape index (κ1) is 34.0. The van der Waals surface area contributed by atoms with Crippen LogP contribution in [0.15, 0.2) is 121 Å². The Morgan fingerprint density at radius 1 is 0.281 bits per heavy atom. The molecule has 16 bridgehead atoms. The molecule has 8 unspecified atom stereocenters. The van der Waals surface area contributed by atoms with E-state index in [-0.39, 0.29) is 0 Å². The zero-order valence-corrected chi connectivity index (χ0v) is 35.7. The lowest BCUT2D eigenvalue weighted by atomic mass is 9.62. The second kappa shape index (κ2) is 11.8. The fourth-order valence-corrected chi connectivity index (χ4v) is 16.2. The van der Waals surface area contributed by atoms with E-state index in [1.54, 1.807) is 0 Å². The Morgan fingerprint density at radius 2 is 0.516 bits per heavy atom. The third-order valence-corrected chi connectivity index (χ3v) is 18.3. The monoisotopic (exact) mass is 822 g/mol. The third kappa shape index (κ3) is 4.06. The highest BCUT2D eigenvalue weighted by Gasteiger charge is 2.47. The molecule has 4 nitrogen and oxygen atoms in total. The fraction of sp³-hybridized carbons (Fsp3) is 0.267. The number of fused-ring (bicyclic) bond motifs is 12. The van der Waals surface area contributed by atoms with Crippen molar-refractivity contribution in [2.45, 2.75) is 98.7 Å². The lowest BCUT2D eigenvalue weighted by Crippen LogP contribution is -2.24. The summed E-state index contributed by atoms with van der Waals surface area (Å²) >= 11 is 0. The average Bonchev–Trinajstić information content (AvgIpc) is 4.13. The van der Waals surface area contributed by atoms with E-state index in [1.165, 1.54) is 162 Å². The van der Waals surface area contributed by atoms with Crippen LogP contribution in [0.5, 0.6) is 0 Å². The summed E-state index contributed by atoms with van der Waals surface area (Å²) in [6.07, 6.45) is 9.46. The Bertz CT molecular complexity index is 3360. The van der Waals surface area contributed by atoms with Gasteiger partial charge in [0.1, 0.15) is 0 Å². The molecule has 4 aromatic carbocycles. The number of nitrogens with zero attached hydrogens (tertiary/aromatic N) is 2. The number of aromatic nitrogens is 4. The zero-order valence-electron chi connectivity index (χ0n) is 35.7. The minimum atomic E-state index is 0.347. The highest BCUT2D eigenvalue weighted by atomic mass is 14.8. The lowest BCUT2D eigenvalue weighted by Gasteiger charge is -2.40. The van der Waals surface area contributed by atoms with Gasteiger partial charge in [-0.05, 0) is 165 Å². The molecule has 2 N–H and O–H groups in total. The maximum atomic E-state index is 5.85. The van der Waals surface area contributed by atoms with E-state index in [2.05, 4.69) is 131 Å². The van der Waals surface area contributed by atoms with Gasteiger partial charge >= 0.3 is 0 Å². The molecule has 64 heavy (non-hydrogen) atoms. The second-order valence-corrected chi connectivity index (χ2v) is 20.8. The first-order valence-electron chi connectivity index (χ1n) is 24.4. The van der Waals surface area contributed by atoms with Crippen LogP contribution >= 0.6 is 0 Å². The molecule has 7 aromatic rings. The highest BCUT2D eigenvalue weighted by Crippen LogP contribution is 2.64. The third-order valence-electron chi connectivity index (χ3n) is 18.3. The topological polar surface area (TPSA) is 57.4 Å². The zero-order chi connectivity index (χ0) is 41.1. The number of rotatable bonds is 0. The maximum absolute atomic E-state index is 5.85. The van der Waals surface area contributed by atoms with Crippen molar-refractivity contribution < 1.29 is 0 Å². The number of hydrogen-bond donors (Lipinski definition) is 2. The van der Waals surface area contributed by atoms with Crippen molar-refractivity contribution >= 4 is 44.4 Å². The van der Waals surface area contributed by atoms with Gasteiger partial charge in [0.25, 0.3) is 0 Å². The van der Waals surface area contributed by atoms with Crippen molar-refractivity contribution in [1.29, 1.82) is 0 Å². The van der Waals surface area contributed by atoms with Gasteiger partial charge in [0, 0.05) is 69.4 Å². The molecule has 5 heterocycles. The normalized spacial score (nSPS) is 27.4. The average molecular weight is 823 g/mol. The van der Waals surface area contributed by atoms with Crippen LogP contribution in [0.3, 0.4) is 0 Å². The van der Waals surface area contributed by atoms with Crippen LogP contribution in [-0.4, -0.2) is 19.9 Å². The van der Waals surface area contributed by atoms with E-state index < -0.39 is 0 Å². The summed E-state index contributed by atoms with van der Waals surface area (Å²) in [5.41, 5.74) is 33.8. The highest BCUT2D eigenvalue weighted by molar-refractivity contribution is 6.04. The van der Waals surface area contributed by atoms with E-state index in [4.69, 9.17) is 9.97 Å². The molecular weight excluding hydrogens is 777 g/mol. The number of nitrogens with one attached hydrogen (secondary N) is 2. The van der Waals surface area contributed by atoms with Gasteiger partial charge in [0.15, 0.2) is 0 Å². The number of H-pyrrole nitrogens is 2. The first-order valence-corrected chi connectivity index (χ1v) is 24.4. The van der Waals surface area contributed by atoms with Gasteiger partial charge < -0.3 is 9.97 Å². The smallest absolute Gasteiger partial charge is 0.0700 e. The van der Waals surface area contributed by atoms with Gasteiger partial charge in [-0.3, -0.25) is 0 Å². The van der Waals surface area contributed by atoms with E-state index in [0.717, 1.165) is 22.8 Å². The molecule has 8 atom stereocenters. The van der Waals surface area contributed by atoms with Gasteiger partial charge in [-0.1, -0.05) is 97.1 Å². The maximum Gasteiger partial charge on any atom is 0.0700 e. The Morgan fingerprint density at radius 3 is 0.812 bits per heavy atom. The van der Waals surface area contributed by atoms with Crippen molar-refractivity contribution in [3.05, 3.63) is 211 Å². The van der Waals surface area contributed by atoms with Gasteiger partial charge in [-0.2, -0.15) is 0 Å². The van der Waals surface area contributed by atoms with Crippen LogP contribution in [-0.2, 0) is 0 Å². The summed E-state index contributed by atoms with van der Waals surface area (Å²) in [7, 11) is 0. The fourth-order valence-electron chi connectivity index (χ4n) is 16.2.